The highest BCUT2D eigenvalue weighted by molar-refractivity contribution is 14.1. The van der Waals surface area contributed by atoms with Gasteiger partial charge in [0, 0.05) is 0 Å². The highest BCUT2D eigenvalue weighted by Gasteiger charge is 1.90. The van der Waals surface area contributed by atoms with E-state index >= 15 is 0 Å². The molecule has 0 heterocycles. The first-order valence-corrected chi connectivity index (χ1v) is 4.29. The maximum Gasteiger partial charge on any atom is 0.157 e. The van der Waals surface area contributed by atoms with E-state index in [0.717, 1.165) is 8.78 Å². The first kappa shape index (κ1) is 8.35. The van der Waals surface area contributed by atoms with Crippen LogP contribution in [0.2, 0.25) is 0 Å². The maximum absolute atomic E-state index is 9.85. The van der Waals surface area contributed by atoms with Gasteiger partial charge in [0.05, 0.1) is 6.07 Å². The van der Waals surface area contributed by atoms with Crippen LogP contribution in [0, 0.1) is 0 Å². The van der Waals surface area contributed by atoms with Crippen molar-refractivity contribution < 1.29 is 4.79 Å². The molecule has 0 unspecified atom stereocenters. The summed E-state index contributed by atoms with van der Waals surface area (Å²) in [6.45, 7) is 0. The van der Waals surface area contributed by atoms with Gasteiger partial charge in [-0.25, -0.2) is 0 Å². The lowest BCUT2D eigenvalue weighted by Gasteiger charge is -1.80. The van der Waals surface area contributed by atoms with E-state index in [9.17, 15) is 4.79 Å². The SMILES string of the molecule is O=CC(I)=C(Br)I. The van der Waals surface area contributed by atoms with Crippen LogP contribution in [0.25, 0.3) is 0 Å². The number of rotatable bonds is 1. The molecule has 0 amide bonds. The standard InChI is InChI=1S/C3HBrI2O/c4-3(6)2(5)1-7/h1H. The highest BCUT2D eigenvalue weighted by atomic mass is 127. The monoisotopic (exact) mass is 386 g/mol. The van der Waals surface area contributed by atoms with Gasteiger partial charge in [-0.15, -0.1) is 0 Å². The van der Waals surface area contributed by atoms with Crippen molar-refractivity contribution in [1.29, 1.82) is 0 Å². The predicted octanol–water partition coefficient (Wildman–Crippen LogP) is 2.62. The topological polar surface area (TPSA) is 17.1 Å². The summed E-state index contributed by atoms with van der Waals surface area (Å²) in [4.78, 5) is 9.85. The zero-order valence-corrected chi connectivity index (χ0v) is 9.02. The van der Waals surface area contributed by atoms with Crippen molar-refractivity contribution in [2.24, 2.45) is 0 Å². The Morgan fingerprint density at radius 3 is 2.00 bits per heavy atom. The Labute approximate surface area is 77.3 Å². The van der Waals surface area contributed by atoms with Crippen molar-refractivity contribution in [3.63, 3.8) is 0 Å². The molecule has 0 N–H and O–H groups in total. The van der Waals surface area contributed by atoms with Gasteiger partial charge in [0.25, 0.3) is 0 Å². The number of aldehydes is 1. The lowest BCUT2D eigenvalue weighted by atomic mass is 10.7. The lowest BCUT2D eigenvalue weighted by molar-refractivity contribution is -0.104. The summed E-state index contributed by atoms with van der Waals surface area (Å²) in [6.07, 6.45) is 0.803. The number of allylic oxidation sites excluding steroid dienone is 1. The van der Waals surface area contributed by atoms with Crippen molar-refractivity contribution >= 4 is 67.4 Å². The first-order chi connectivity index (χ1) is 3.18. The minimum atomic E-state index is 0.707. The summed E-state index contributed by atoms with van der Waals surface area (Å²) in [6, 6.07) is 0. The minimum absolute atomic E-state index is 0.707. The van der Waals surface area contributed by atoms with Gasteiger partial charge in [0.1, 0.15) is 0 Å². The molecular weight excluding hydrogens is 386 g/mol. The molecule has 0 atom stereocenters. The summed E-state index contributed by atoms with van der Waals surface area (Å²) in [7, 11) is 0. The van der Waals surface area contributed by atoms with Gasteiger partial charge in [0.2, 0.25) is 0 Å². The molecule has 0 fully saturated rings. The second-order valence-electron chi connectivity index (χ2n) is 0.726. The molecule has 0 rings (SSSR count). The Morgan fingerprint density at radius 1 is 1.57 bits per heavy atom. The van der Waals surface area contributed by atoms with Crippen molar-refractivity contribution in [3.05, 3.63) is 6.07 Å². The Hall–Kier alpha value is 1.35. The molecular formula is C3HBrI2O. The van der Waals surface area contributed by atoms with E-state index in [1.807, 2.05) is 45.2 Å². The van der Waals surface area contributed by atoms with Crippen LogP contribution in [-0.4, -0.2) is 6.29 Å². The van der Waals surface area contributed by atoms with Crippen LogP contribution >= 0.6 is 61.1 Å². The van der Waals surface area contributed by atoms with Crippen LogP contribution < -0.4 is 0 Å². The molecule has 0 aliphatic heterocycles. The van der Waals surface area contributed by atoms with Gasteiger partial charge in [-0.05, 0) is 61.1 Å². The van der Waals surface area contributed by atoms with Crippen LogP contribution in [0.3, 0.4) is 0 Å². The fourth-order valence-electron chi connectivity index (χ4n) is 0.0445. The van der Waals surface area contributed by atoms with Crippen molar-refractivity contribution in [1.82, 2.24) is 0 Å². The second kappa shape index (κ2) is 4.25. The first-order valence-electron chi connectivity index (χ1n) is 1.34. The third-order valence-electron chi connectivity index (χ3n) is 0.284. The van der Waals surface area contributed by atoms with Crippen molar-refractivity contribution in [2.75, 3.05) is 0 Å². The van der Waals surface area contributed by atoms with Crippen molar-refractivity contribution in [2.45, 2.75) is 0 Å². The Kier molecular flexibility index (Phi) is 5.07. The largest absolute Gasteiger partial charge is 0.297 e. The maximum atomic E-state index is 9.85. The number of carbonyl (C=O) groups excluding carboxylic acids is 1. The molecule has 1 nitrogen and oxygen atoms in total. The lowest BCUT2D eigenvalue weighted by Crippen LogP contribution is -1.67. The van der Waals surface area contributed by atoms with Gasteiger partial charge < -0.3 is 0 Å². The van der Waals surface area contributed by atoms with E-state index in [1.54, 1.807) is 0 Å². The van der Waals surface area contributed by atoms with Crippen LogP contribution in [-0.2, 0) is 4.79 Å². The summed E-state index contributed by atoms with van der Waals surface area (Å²) in [5.41, 5.74) is 0. The van der Waals surface area contributed by atoms with Crippen LogP contribution in [0.1, 0.15) is 0 Å². The second-order valence-corrected chi connectivity index (χ2v) is 5.24. The van der Waals surface area contributed by atoms with Gasteiger partial charge in [0.15, 0.2) is 6.29 Å². The summed E-state index contributed by atoms with van der Waals surface area (Å²) < 4.78 is 1.57. The van der Waals surface area contributed by atoms with Crippen LogP contribution in [0.5, 0.6) is 0 Å². The minimum Gasteiger partial charge on any atom is -0.297 e. The number of hydrogen-bond acceptors (Lipinski definition) is 1. The van der Waals surface area contributed by atoms with E-state index in [4.69, 9.17) is 0 Å². The van der Waals surface area contributed by atoms with E-state index in [2.05, 4.69) is 15.9 Å². The molecule has 0 saturated heterocycles. The summed E-state index contributed by atoms with van der Waals surface area (Å²) >= 11 is 7.11. The number of hydrogen-bond donors (Lipinski definition) is 0. The smallest absolute Gasteiger partial charge is 0.157 e. The average molecular weight is 387 g/mol. The molecule has 0 aliphatic rings. The Bertz CT molecular complexity index is 106. The predicted molar refractivity (Wildman–Crippen MR) is 50.1 cm³/mol. The molecule has 0 radical (unpaired) electrons. The van der Waals surface area contributed by atoms with E-state index in [0.29, 0.717) is 3.58 Å². The van der Waals surface area contributed by atoms with E-state index in [-0.39, 0.29) is 0 Å². The number of carbonyl (C=O) groups is 1. The molecule has 0 aromatic rings. The zero-order chi connectivity index (χ0) is 5.86. The molecule has 0 saturated carbocycles. The molecule has 0 bridgehead atoms. The van der Waals surface area contributed by atoms with Gasteiger partial charge in [-0.3, -0.25) is 4.79 Å². The fourth-order valence-corrected chi connectivity index (χ4v) is 0.265. The Morgan fingerprint density at radius 2 is 2.00 bits per heavy atom. The molecule has 0 aliphatic carbocycles. The molecule has 7 heavy (non-hydrogen) atoms. The van der Waals surface area contributed by atoms with Crippen LogP contribution in [0.15, 0.2) is 6.07 Å². The van der Waals surface area contributed by atoms with E-state index < -0.39 is 0 Å². The Balaban J connectivity index is 3.98. The van der Waals surface area contributed by atoms with Crippen molar-refractivity contribution in [3.8, 4) is 0 Å². The molecule has 4 heteroatoms. The normalized spacial score (nSPS) is 13.0. The van der Waals surface area contributed by atoms with Gasteiger partial charge >= 0.3 is 0 Å². The third kappa shape index (κ3) is 3.89. The molecule has 0 aromatic carbocycles. The van der Waals surface area contributed by atoms with Gasteiger partial charge in [-0.1, -0.05) is 0 Å². The van der Waals surface area contributed by atoms with Gasteiger partial charge in [-0.2, -0.15) is 0 Å². The quantitative estimate of drug-likeness (QED) is 0.385. The third-order valence-corrected chi connectivity index (χ3v) is 3.86. The fraction of sp³-hybridized carbons (Fsp3) is 0. The molecule has 0 aromatic heterocycles. The molecule has 0 spiro atoms. The summed E-state index contributed by atoms with van der Waals surface area (Å²) in [5.74, 6) is 0. The zero-order valence-electron chi connectivity index (χ0n) is 3.12. The highest BCUT2D eigenvalue weighted by Crippen LogP contribution is 2.22. The van der Waals surface area contributed by atoms with Crippen LogP contribution in [0.4, 0.5) is 0 Å². The number of halogens is 3. The van der Waals surface area contributed by atoms with E-state index in [1.165, 1.54) is 0 Å². The average Bonchev–Trinajstić information content (AvgIpc) is 1.65. The summed E-state index contributed by atoms with van der Waals surface area (Å²) in [5, 5.41) is 0. The molecule has 40 valence electrons.